The van der Waals surface area contributed by atoms with Gasteiger partial charge in [0.25, 0.3) is 0 Å². The summed E-state index contributed by atoms with van der Waals surface area (Å²) in [4.78, 5) is 31.1. The number of allylic oxidation sites excluding steroid dienone is 1. The van der Waals surface area contributed by atoms with E-state index in [1.807, 2.05) is 13.8 Å². The highest BCUT2D eigenvalue weighted by Crippen LogP contribution is 2.45. The van der Waals surface area contributed by atoms with Crippen LogP contribution in [0.15, 0.2) is 34.5 Å². The van der Waals surface area contributed by atoms with Gasteiger partial charge in [-0.3, -0.25) is 9.79 Å². The van der Waals surface area contributed by atoms with Crippen molar-refractivity contribution < 1.29 is 24.2 Å². The molecular formula is C25H31NO5. The summed E-state index contributed by atoms with van der Waals surface area (Å²) in [6.07, 6.45) is 7.03. The Hall–Kier alpha value is -2.63. The van der Waals surface area contributed by atoms with Gasteiger partial charge < -0.3 is 14.6 Å². The van der Waals surface area contributed by atoms with E-state index in [1.165, 1.54) is 6.42 Å². The Morgan fingerprint density at radius 1 is 1.13 bits per heavy atom. The Morgan fingerprint density at radius 2 is 1.90 bits per heavy atom. The Balaban J connectivity index is 1.75. The monoisotopic (exact) mass is 425 g/mol. The molecule has 6 heteroatoms. The van der Waals surface area contributed by atoms with Crippen LogP contribution in [0.25, 0.3) is 0 Å². The predicted octanol–water partition coefficient (Wildman–Crippen LogP) is 4.85. The van der Waals surface area contributed by atoms with Gasteiger partial charge in [0.05, 0.1) is 18.1 Å². The van der Waals surface area contributed by atoms with Crippen molar-refractivity contribution in [3.63, 3.8) is 0 Å². The number of ketones is 1. The largest absolute Gasteiger partial charge is 0.504 e. The molecule has 1 N–H and O–H groups in total. The van der Waals surface area contributed by atoms with Crippen molar-refractivity contribution in [2.24, 2.45) is 10.9 Å². The number of benzene rings is 1. The number of rotatable bonds is 5. The van der Waals surface area contributed by atoms with Crippen LogP contribution in [0, 0.1) is 5.92 Å². The standard InChI is InChI=1S/C25H31NO5/c1-3-30-21-14-16(12-13-19(21)27)23-22(25(29)31-17-8-5-4-6-9-17)15(2)26-18-10-7-11-20(28)24(18)23/h12-14,17,23-24,27H,3-11H2,1-2H3/t23-,24?/m1/s1. The topological polar surface area (TPSA) is 85.2 Å². The van der Waals surface area contributed by atoms with Gasteiger partial charge in [-0.25, -0.2) is 4.79 Å². The van der Waals surface area contributed by atoms with Crippen molar-refractivity contribution in [3.05, 3.63) is 35.0 Å². The minimum Gasteiger partial charge on any atom is -0.504 e. The lowest BCUT2D eigenvalue weighted by molar-refractivity contribution is -0.146. The second-order valence-electron chi connectivity index (χ2n) is 8.70. The number of carbonyl (C=O) groups excluding carboxylic acids is 2. The number of hydrogen-bond acceptors (Lipinski definition) is 6. The summed E-state index contributed by atoms with van der Waals surface area (Å²) in [6, 6.07) is 5.09. The van der Waals surface area contributed by atoms with Crippen LogP contribution in [0.2, 0.25) is 0 Å². The normalized spacial score (nSPS) is 24.5. The van der Waals surface area contributed by atoms with Crippen molar-refractivity contribution in [1.82, 2.24) is 0 Å². The highest BCUT2D eigenvalue weighted by molar-refractivity contribution is 6.11. The molecule has 1 aliphatic heterocycles. The fraction of sp³-hybridized carbons (Fsp3) is 0.560. The number of hydrogen-bond donors (Lipinski definition) is 1. The lowest BCUT2D eigenvalue weighted by atomic mass is 9.69. The Labute approximate surface area is 183 Å². The van der Waals surface area contributed by atoms with Gasteiger partial charge in [0.15, 0.2) is 11.5 Å². The van der Waals surface area contributed by atoms with Crippen LogP contribution in [0.5, 0.6) is 11.5 Å². The van der Waals surface area contributed by atoms with E-state index >= 15 is 0 Å². The number of Topliss-reactive ketones (excluding diaryl/α,β-unsaturated/α-hetero) is 1. The highest BCUT2D eigenvalue weighted by Gasteiger charge is 2.44. The summed E-state index contributed by atoms with van der Waals surface area (Å²) in [6.45, 7) is 4.08. The van der Waals surface area contributed by atoms with Gasteiger partial charge in [0, 0.05) is 23.7 Å². The second-order valence-corrected chi connectivity index (χ2v) is 8.70. The fourth-order valence-electron chi connectivity index (χ4n) is 5.14. The van der Waals surface area contributed by atoms with E-state index in [0.717, 1.165) is 49.8 Å². The third kappa shape index (κ3) is 4.39. The minimum atomic E-state index is -0.476. The van der Waals surface area contributed by atoms with Gasteiger partial charge in [-0.2, -0.15) is 0 Å². The van der Waals surface area contributed by atoms with Gasteiger partial charge in [-0.1, -0.05) is 12.5 Å². The number of fused-ring (bicyclic) bond motifs is 1. The lowest BCUT2D eigenvalue weighted by Gasteiger charge is -2.36. The van der Waals surface area contributed by atoms with Gasteiger partial charge in [-0.05, 0) is 70.1 Å². The predicted molar refractivity (Wildman–Crippen MR) is 117 cm³/mol. The van der Waals surface area contributed by atoms with Crippen LogP contribution < -0.4 is 4.74 Å². The summed E-state index contributed by atoms with van der Waals surface area (Å²) in [5.74, 6) is -0.818. The molecule has 2 aliphatic carbocycles. The molecule has 3 aliphatic rings. The molecule has 31 heavy (non-hydrogen) atoms. The average Bonchev–Trinajstić information content (AvgIpc) is 2.75. The molecule has 1 unspecified atom stereocenters. The molecule has 0 saturated heterocycles. The van der Waals surface area contributed by atoms with Crippen LogP contribution in [-0.2, 0) is 14.3 Å². The van der Waals surface area contributed by atoms with E-state index in [9.17, 15) is 14.7 Å². The first-order valence-corrected chi connectivity index (χ1v) is 11.5. The number of phenols is 1. The highest BCUT2D eigenvalue weighted by atomic mass is 16.5. The Bertz CT molecular complexity index is 926. The number of aromatic hydroxyl groups is 1. The molecule has 2 saturated carbocycles. The van der Waals surface area contributed by atoms with Crippen molar-refractivity contribution in [2.75, 3.05) is 6.61 Å². The quantitative estimate of drug-likeness (QED) is 0.682. The maximum atomic E-state index is 13.4. The molecule has 1 aromatic carbocycles. The summed E-state index contributed by atoms with van der Waals surface area (Å²) < 4.78 is 11.5. The SMILES string of the molecule is CCOc1cc([C@@H]2C(C(=O)OC3CCCCC3)=C(C)N=C3CCCC(=O)C32)ccc1O. The van der Waals surface area contributed by atoms with Crippen molar-refractivity contribution >= 4 is 17.5 Å². The number of aliphatic imine (C=N–C) groups is 1. The molecule has 0 radical (unpaired) electrons. The number of carbonyl (C=O) groups is 2. The molecule has 6 nitrogen and oxygen atoms in total. The van der Waals surface area contributed by atoms with Gasteiger partial charge in [0.1, 0.15) is 11.9 Å². The van der Waals surface area contributed by atoms with Crippen molar-refractivity contribution in [1.29, 1.82) is 0 Å². The lowest BCUT2D eigenvalue weighted by Crippen LogP contribution is -2.39. The van der Waals surface area contributed by atoms with Gasteiger partial charge in [-0.15, -0.1) is 0 Å². The molecule has 0 amide bonds. The molecule has 0 bridgehead atoms. The number of nitrogens with zero attached hydrogens (tertiary/aromatic N) is 1. The molecule has 4 rings (SSSR count). The molecular weight excluding hydrogens is 394 g/mol. The van der Waals surface area contributed by atoms with Crippen molar-refractivity contribution in [2.45, 2.75) is 77.2 Å². The maximum Gasteiger partial charge on any atom is 0.336 e. The number of ether oxygens (including phenoxy) is 2. The first kappa shape index (κ1) is 21.6. The average molecular weight is 426 g/mol. The van der Waals surface area contributed by atoms with Crippen molar-refractivity contribution in [3.8, 4) is 11.5 Å². The van der Waals surface area contributed by atoms with Crippen LogP contribution >= 0.6 is 0 Å². The molecule has 2 fully saturated rings. The Morgan fingerprint density at radius 3 is 2.65 bits per heavy atom. The van der Waals surface area contributed by atoms with E-state index in [0.29, 0.717) is 30.0 Å². The number of phenolic OH excluding ortho intramolecular Hbond substituents is 1. The van der Waals surface area contributed by atoms with E-state index in [4.69, 9.17) is 14.5 Å². The molecule has 1 aromatic rings. The second kappa shape index (κ2) is 9.25. The van der Waals surface area contributed by atoms with Gasteiger partial charge >= 0.3 is 5.97 Å². The summed E-state index contributed by atoms with van der Waals surface area (Å²) in [5, 5.41) is 10.2. The van der Waals surface area contributed by atoms with Gasteiger partial charge in [0.2, 0.25) is 0 Å². The number of esters is 1. The zero-order valence-corrected chi connectivity index (χ0v) is 18.4. The van der Waals surface area contributed by atoms with E-state index < -0.39 is 11.8 Å². The third-order valence-electron chi connectivity index (χ3n) is 6.60. The van der Waals surface area contributed by atoms with Crippen LogP contribution in [0.4, 0.5) is 0 Å². The minimum absolute atomic E-state index is 0.0392. The zero-order valence-electron chi connectivity index (χ0n) is 18.4. The van der Waals surface area contributed by atoms with Crippen LogP contribution in [0.3, 0.4) is 0 Å². The third-order valence-corrected chi connectivity index (χ3v) is 6.60. The summed E-state index contributed by atoms with van der Waals surface area (Å²) in [5.41, 5.74) is 2.70. The summed E-state index contributed by atoms with van der Waals surface area (Å²) >= 11 is 0. The maximum absolute atomic E-state index is 13.4. The van der Waals surface area contributed by atoms with E-state index in [1.54, 1.807) is 18.2 Å². The first-order valence-electron chi connectivity index (χ1n) is 11.5. The first-order chi connectivity index (χ1) is 15.0. The molecule has 0 aromatic heterocycles. The molecule has 1 heterocycles. The van der Waals surface area contributed by atoms with Crippen LogP contribution in [0.1, 0.15) is 76.7 Å². The van der Waals surface area contributed by atoms with E-state index in [2.05, 4.69) is 0 Å². The zero-order chi connectivity index (χ0) is 22.0. The van der Waals surface area contributed by atoms with E-state index in [-0.39, 0.29) is 23.6 Å². The molecule has 0 spiro atoms. The van der Waals surface area contributed by atoms with Crippen LogP contribution in [-0.4, -0.2) is 35.3 Å². The smallest absolute Gasteiger partial charge is 0.336 e. The summed E-state index contributed by atoms with van der Waals surface area (Å²) in [7, 11) is 0. The molecule has 2 atom stereocenters. The molecule has 166 valence electrons. The fourth-order valence-corrected chi connectivity index (χ4v) is 5.14. The Kier molecular flexibility index (Phi) is 6.44.